The van der Waals surface area contributed by atoms with Crippen LogP contribution < -0.4 is 9.64 Å². The summed E-state index contributed by atoms with van der Waals surface area (Å²) in [4.78, 5) is 2.37. The minimum absolute atomic E-state index is 0.481. The summed E-state index contributed by atoms with van der Waals surface area (Å²) in [6.45, 7) is 0. The third kappa shape index (κ3) is 5.13. The SMILES string of the molecule is c1ccc(N(c2cccc(-c3ccc4c(c3)-c3ccccc3C43c4ccccc4Oc4ccccc43)c2)c2cccc(-c3ccc4ccc5ccccc5c4c3)c2)cc1. The van der Waals surface area contributed by atoms with Gasteiger partial charge in [-0.25, -0.2) is 0 Å². The van der Waals surface area contributed by atoms with E-state index in [1.165, 1.54) is 71.6 Å². The second kappa shape index (κ2) is 13.2. The molecule has 0 radical (unpaired) electrons. The zero-order valence-electron chi connectivity index (χ0n) is 32.2. The third-order valence-corrected chi connectivity index (χ3v) is 12.5. The Hall–Kier alpha value is -7.68. The van der Waals surface area contributed by atoms with Gasteiger partial charge < -0.3 is 9.64 Å². The molecule has 0 atom stereocenters. The highest BCUT2D eigenvalue weighted by atomic mass is 16.5. The topological polar surface area (TPSA) is 12.5 Å². The first kappa shape index (κ1) is 33.5. The van der Waals surface area contributed by atoms with Gasteiger partial charge in [0.1, 0.15) is 11.5 Å². The summed E-state index contributed by atoms with van der Waals surface area (Å²) >= 11 is 0. The summed E-state index contributed by atoms with van der Waals surface area (Å²) in [5.74, 6) is 1.81. The van der Waals surface area contributed by atoms with Crippen molar-refractivity contribution >= 4 is 38.6 Å². The van der Waals surface area contributed by atoms with Crippen molar-refractivity contribution in [1.29, 1.82) is 0 Å². The lowest BCUT2D eigenvalue weighted by molar-refractivity contribution is 0.436. The molecule has 1 aliphatic heterocycles. The molecule has 59 heavy (non-hydrogen) atoms. The first-order chi connectivity index (χ1) is 29.2. The Bertz CT molecular complexity index is 3230. The molecule has 0 bridgehead atoms. The molecular weight excluding hydrogens is 715 g/mol. The molecule has 0 saturated carbocycles. The Kier molecular flexibility index (Phi) is 7.48. The van der Waals surface area contributed by atoms with Gasteiger partial charge >= 0.3 is 0 Å². The molecular formula is C57H37NO. The number of ether oxygens (including phenoxy) is 1. The number of anilines is 3. The standard InChI is InChI=1S/C57H37NO/c1-2-17-44(18-3-1)58(45-19-12-15-40(34-45)42-31-30-39-29-28-38-14-4-5-21-47(38)49(39)36-42)46-20-13-16-41(35-46)43-32-33-52-50(37-43)48-22-6-7-23-51(48)57(52)53-24-8-10-26-55(53)59-56-27-11-9-25-54(56)57/h1-37H. The second-order valence-electron chi connectivity index (χ2n) is 15.6. The lowest BCUT2D eigenvalue weighted by atomic mass is 9.66. The molecule has 1 aliphatic carbocycles. The van der Waals surface area contributed by atoms with Crippen LogP contribution in [0.2, 0.25) is 0 Å². The van der Waals surface area contributed by atoms with Crippen LogP contribution in [0.3, 0.4) is 0 Å². The molecule has 0 N–H and O–H groups in total. The molecule has 0 saturated heterocycles. The molecule has 276 valence electrons. The van der Waals surface area contributed by atoms with Crippen LogP contribution in [0.25, 0.3) is 54.9 Å². The van der Waals surface area contributed by atoms with Gasteiger partial charge in [-0.2, -0.15) is 0 Å². The quantitative estimate of drug-likeness (QED) is 0.162. The van der Waals surface area contributed by atoms with Crippen molar-refractivity contribution < 1.29 is 4.74 Å². The van der Waals surface area contributed by atoms with E-state index in [0.29, 0.717) is 0 Å². The maximum absolute atomic E-state index is 6.56. The van der Waals surface area contributed by atoms with Crippen molar-refractivity contribution in [3.63, 3.8) is 0 Å². The van der Waals surface area contributed by atoms with Gasteiger partial charge in [0.15, 0.2) is 0 Å². The Labute approximate surface area is 343 Å². The average molecular weight is 752 g/mol. The van der Waals surface area contributed by atoms with Crippen LogP contribution in [0.1, 0.15) is 22.3 Å². The number of hydrogen-bond acceptors (Lipinski definition) is 2. The van der Waals surface area contributed by atoms with Crippen LogP contribution in [0, 0.1) is 0 Å². The largest absolute Gasteiger partial charge is 0.457 e. The molecule has 0 aromatic heterocycles. The van der Waals surface area contributed by atoms with Gasteiger partial charge in [0.05, 0.1) is 5.41 Å². The van der Waals surface area contributed by atoms with Gasteiger partial charge in [-0.1, -0.05) is 164 Å². The number of benzene rings is 10. The minimum Gasteiger partial charge on any atom is -0.457 e. The van der Waals surface area contributed by atoms with Crippen molar-refractivity contribution in [2.75, 3.05) is 4.90 Å². The number of para-hydroxylation sites is 3. The zero-order valence-corrected chi connectivity index (χ0v) is 32.2. The minimum atomic E-state index is -0.481. The van der Waals surface area contributed by atoms with E-state index >= 15 is 0 Å². The first-order valence-electron chi connectivity index (χ1n) is 20.3. The van der Waals surface area contributed by atoms with E-state index in [9.17, 15) is 0 Å². The summed E-state index contributed by atoms with van der Waals surface area (Å²) in [5, 5.41) is 5.05. The van der Waals surface area contributed by atoms with Crippen LogP contribution in [0.15, 0.2) is 224 Å². The Balaban J connectivity index is 0.985. The molecule has 0 amide bonds. The summed E-state index contributed by atoms with van der Waals surface area (Å²) in [7, 11) is 0. The normalized spacial score (nSPS) is 13.0. The number of rotatable bonds is 5. The molecule has 1 heterocycles. The molecule has 10 aromatic rings. The van der Waals surface area contributed by atoms with Crippen LogP contribution in [0.4, 0.5) is 17.1 Å². The Morgan fingerprint density at radius 2 is 0.814 bits per heavy atom. The van der Waals surface area contributed by atoms with Crippen LogP contribution in [-0.4, -0.2) is 0 Å². The zero-order chi connectivity index (χ0) is 38.9. The fourth-order valence-electron chi connectivity index (χ4n) is 9.89. The number of hydrogen-bond donors (Lipinski definition) is 0. The van der Waals surface area contributed by atoms with E-state index < -0.39 is 5.41 Å². The van der Waals surface area contributed by atoms with Crippen LogP contribution in [-0.2, 0) is 5.41 Å². The molecule has 12 rings (SSSR count). The average Bonchev–Trinajstić information content (AvgIpc) is 3.59. The van der Waals surface area contributed by atoms with Crippen LogP contribution >= 0.6 is 0 Å². The summed E-state index contributed by atoms with van der Waals surface area (Å²) in [6, 6.07) is 81.6. The van der Waals surface area contributed by atoms with Crippen LogP contribution in [0.5, 0.6) is 11.5 Å². The highest BCUT2D eigenvalue weighted by Gasteiger charge is 2.50. The lowest BCUT2D eigenvalue weighted by Crippen LogP contribution is -2.32. The van der Waals surface area contributed by atoms with Crippen molar-refractivity contribution in [3.8, 4) is 44.9 Å². The molecule has 10 aromatic carbocycles. The van der Waals surface area contributed by atoms with Crippen molar-refractivity contribution in [1.82, 2.24) is 0 Å². The fourth-order valence-corrected chi connectivity index (χ4v) is 9.89. The van der Waals surface area contributed by atoms with Gasteiger partial charge in [0.25, 0.3) is 0 Å². The molecule has 0 fully saturated rings. The van der Waals surface area contributed by atoms with Gasteiger partial charge in [-0.3, -0.25) is 0 Å². The highest BCUT2D eigenvalue weighted by Crippen LogP contribution is 2.62. The Morgan fingerprint density at radius 3 is 1.54 bits per heavy atom. The van der Waals surface area contributed by atoms with E-state index in [4.69, 9.17) is 4.74 Å². The van der Waals surface area contributed by atoms with E-state index in [1.807, 2.05) is 0 Å². The number of nitrogens with zero attached hydrogens (tertiary/aromatic N) is 1. The second-order valence-corrected chi connectivity index (χ2v) is 15.6. The van der Waals surface area contributed by atoms with E-state index in [1.54, 1.807) is 0 Å². The maximum Gasteiger partial charge on any atom is 0.132 e. The fraction of sp³-hybridized carbons (Fsp3) is 0.0175. The first-order valence-corrected chi connectivity index (χ1v) is 20.3. The van der Waals surface area contributed by atoms with Crippen molar-refractivity contribution in [3.05, 3.63) is 247 Å². The monoisotopic (exact) mass is 751 g/mol. The van der Waals surface area contributed by atoms with E-state index in [2.05, 4.69) is 229 Å². The predicted octanol–water partition coefficient (Wildman–Crippen LogP) is 15.3. The maximum atomic E-state index is 6.56. The lowest BCUT2D eigenvalue weighted by Gasteiger charge is -2.39. The molecule has 0 unspecified atom stereocenters. The van der Waals surface area contributed by atoms with Gasteiger partial charge in [0.2, 0.25) is 0 Å². The Morgan fingerprint density at radius 1 is 0.305 bits per heavy atom. The third-order valence-electron chi connectivity index (χ3n) is 12.5. The molecule has 2 heteroatoms. The highest BCUT2D eigenvalue weighted by molar-refractivity contribution is 6.08. The summed E-state index contributed by atoms with van der Waals surface area (Å²) < 4.78 is 6.56. The molecule has 1 spiro atoms. The van der Waals surface area contributed by atoms with Gasteiger partial charge in [-0.15, -0.1) is 0 Å². The predicted molar refractivity (Wildman–Crippen MR) is 244 cm³/mol. The summed E-state index contributed by atoms with van der Waals surface area (Å²) in [6.07, 6.45) is 0. The summed E-state index contributed by atoms with van der Waals surface area (Å²) in [5.41, 5.74) is 15.0. The molecule has 2 aliphatic rings. The van der Waals surface area contributed by atoms with E-state index in [0.717, 1.165) is 34.1 Å². The molecule has 2 nitrogen and oxygen atoms in total. The van der Waals surface area contributed by atoms with Gasteiger partial charge in [-0.05, 0) is 127 Å². The van der Waals surface area contributed by atoms with Crippen molar-refractivity contribution in [2.24, 2.45) is 0 Å². The van der Waals surface area contributed by atoms with Crippen molar-refractivity contribution in [2.45, 2.75) is 5.41 Å². The van der Waals surface area contributed by atoms with E-state index in [-0.39, 0.29) is 0 Å². The number of fused-ring (bicyclic) bond motifs is 12. The van der Waals surface area contributed by atoms with Gasteiger partial charge in [0, 0.05) is 28.2 Å². The smallest absolute Gasteiger partial charge is 0.132 e.